The van der Waals surface area contributed by atoms with E-state index < -0.39 is 0 Å². The number of nitrogens with zero attached hydrogens (tertiary/aromatic N) is 2. The minimum absolute atomic E-state index is 0.590. The molecule has 1 N–H and O–H groups in total. The summed E-state index contributed by atoms with van der Waals surface area (Å²) >= 11 is 0. The predicted octanol–water partition coefficient (Wildman–Crippen LogP) is 3.40. The van der Waals surface area contributed by atoms with Gasteiger partial charge in [-0.2, -0.15) is 0 Å². The Balaban J connectivity index is 1.99. The minimum atomic E-state index is 0.590. The molecule has 3 heteroatoms. The molecular weight excluding hydrogens is 246 g/mol. The van der Waals surface area contributed by atoms with Crippen LogP contribution < -0.4 is 5.32 Å². The Kier molecular flexibility index (Phi) is 5.64. The van der Waals surface area contributed by atoms with Gasteiger partial charge >= 0.3 is 0 Å². The molecule has 1 aliphatic rings. The van der Waals surface area contributed by atoms with E-state index >= 15 is 0 Å². The van der Waals surface area contributed by atoms with E-state index in [1.54, 1.807) is 0 Å². The Bertz CT molecular complexity index is 397. The van der Waals surface area contributed by atoms with Crippen molar-refractivity contribution in [1.29, 1.82) is 0 Å². The number of aryl methyl sites for hydroxylation is 1. The first-order valence-electron chi connectivity index (χ1n) is 8.29. The SMILES string of the molecule is CCC1CCC(CNC(C)C)C(Cc2nccn2C)C1. The number of imidazole rings is 1. The molecule has 1 fully saturated rings. The van der Waals surface area contributed by atoms with Crippen LogP contribution >= 0.6 is 0 Å². The third kappa shape index (κ3) is 4.08. The largest absolute Gasteiger partial charge is 0.338 e. The zero-order valence-corrected chi connectivity index (χ0v) is 13.6. The van der Waals surface area contributed by atoms with Crippen molar-refractivity contribution in [2.24, 2.45) is 24.8 Å². The fourth-order valence-electron chi connectivity index (χ4n) is 3.53. The maximum atomic E-state index is 4.53. The lowest BCUT2D eigenvalue weighted by Crippen LogP contribution is -2.37. The molecule has 0 aromatic carbocycles. The summed E-state index contributed by atoms with van der Waals surface area (Å²) in [6.07, 6.45) is 10.7. The van der Waals surface area contributed by atoms with Gasteiger partial charge in [-0.25, -0.2) is 4.98 Å². The highest BCUT2D eigenvalue weighted by Gasteiger charge is 2.30. The van der Waals surface area contributed by atoms with Crippen molar-refractivity contribution >= 4 is 0 Å². The molecule has 1 aromatic heterocycles. The molecule has 0 spiro atoms. The van der Waals surface area contributed by atoms with Gasteiger partial charge in [-0.05, 0) is 37.1 Å². The Morgan fingerprint density at radius 3 is 2.75 bits per heavy atom. The summed E-state index contributed by atoms with van der Waals surface area (Å²) in [4.78, 5) is 4.53. The lowest BCUT2D eigenvalue weighted by atomic mass is 9.71. The van der Waals surface area contributed by atoms with E-state index in [0.717, 1.165) is 24.2 Å². The molecule has 1 saturated carbocycles. The smallest absolute Gasteiger partial charge is 0.108 e. The monoisotopic (exact) mass is 277 g/mol. The molecule has 0 saturated heterocycles. The second-order valence-corrected chi connectivity index (χ2v) is 6.83. The Labute approximate surface area is 124 Å². The number of rotatable bonds is 6. The highest BCUT2D eigenvalue weighted by molar-refractivity contribution is 4.95. The third-order valence-electron chi connectivity index (χ3n) is 4.98. The van der Waals surface area contributed by atoms with Gasteiger partial charge in [0.25, 0.3) is 0 Å². The van der Waals surface area contributed by atoms with Gasteiger partial charge in [-0.1, -0.05) is 33.6 Å². The van der Waals surface area contributed by atoms with Gasteiger partial charge in [0.1, 0.15) is 5.82 Å². The topological polar surface area (TPSA) is 29.9 Å². The van der Waals surface area contributed by atoms with Gasteiger partial charge in [0.2, 0.25) is 0 Å². The van der Waals surface area contributed by atoms with Gasteiger partial charge in [-0.3, -0.25) is 0 Å². The molecule has 0 aliphatic heterocycles. The van der Waals surface area contributed by atoms with E-state index in [0.29, 0.717) is 6.04 Å². The number of aromatic nitrogens is 2. The molecule has 114 valence electrons. The molecule has 1 aromatic rings. The standard InChI is InChI=1S/C17H31N3/c1-5-14-6-7-15(12-19-13(2)3)16(10-14)11-17-18-8-9-20(17)4/h8-9,13-16,19H,5-7,10-12H2,1-4H3. The summed E-state index contributed by atoms with van der Waals surface area (Å²) in [5.74, 6) is 3.79. The summed E-state index contributed by atoms with van der Waals surface area (Å²) in [6.45, 7) is 8.00. The van der Waals surface area contributed by atoms with Crippen LogP contribution in [0.3, 0.4) is 0 Å². The Morgan fingerprint density at radius 1 is 1.35 bits per heavy atom. The van der Waals surface area contributed by atoms with Crippen molar-refractivity contribution in [2.45, 2.75) is 58.9 Å². The zero-order chi connectivity index (χ0) is 14.5. The molecule has 1 heterocycles. The van der Waals surface area contributed by atoms with Gasteiger partial charge in [-0.15, -0.1) is 0 Å². The maximum Gasteiger partial charge on any atom is 0.108 e. The maximum absolute atomic E-state index is 4.53. The van der Waals surface area contributed by atoms with Crippen LogP contribution in [-0.2, 0) is 13.5 Å². The summed E-state index contributed by atoms with van der Waals surface area (Å²) in [5, 5.41) is 3.65. The van der Waals surface area contributed by atoms with E-state index in [9.17, 15) is 0 Å². The van der Waals surface area contributed by atoms with Crippen LogP contribution in [-0.4, -0.2) is 22.1 Å². The fourth-order valence-corrected chi connectivity index (χ4v) is 3.53. The lowest BCUT2D eigenvalue weighted by molar-refractivity contribution is 0.166. The van der Waals surface area contributed by atoms with E-state index in [1.165, 1.54) is 38.1 Å². The van der Waals surface area contributed by atoms with Gasteiger partial charge in [0.15, 0.2) is 0 Å². The van der Waals surface area contributed by atoms with Crippen molar-refractivity contribution in [1.82, 2.24) is 14.9 Å². The van der Waals surface area contributed by atoms with Crippen molar-refractivity contribution in [2.75, 3.05) is 6.54 Å². The first-order valence-corrected chi connectivity index (χ1v) is 8.29. The average molecular weight is 277 g/mol. The molecule has 0 amide bonds. The van der Waals surface area contributed by atoms with Gasteiger partial charge in [0.05, 0.1) is 0 Å². The Hall–Kier alpha value is -0.830. The molecule has 3 nitrogen and oxygen atoms in total. The van der Waals surface area contributed by atoms with E-state index in [1.807, 2.05) is 6.20 Å². The summed E-state index contributed by atoms with van der Waals surface area (Å²) in [7, 11) is 2.11. The van der Waals surface area contributed by atoms with Crippen molar-refractivity contribution in [3.63, 3.8) is 0 Å². The molecule has 2 rings (SSSR count). The van der Waals surface area contributed by atoms with Crippen molar-refractivity contribution < 1.29 is 0 Å². The molecular formula is C17H31N3. The average Bonchev–Trinajstić information content (AvgIpc) is 2.82. The number of hydrogen-bond donors (Lipinski definition) is 1. The molecule has 1 aliphatic carbocycles. The second kappa shape index (κ2) is 7.26. The van der Waals surface area contributed by atoms with Crippen LogP contribution in [0.5, 0.6) is 0 Å². The van der Waals surface area contributed by atoms with Crippen LogP contribution in [0.25, 0.3) is 0 Å². The first-order chi connectivity index (χ1) is 9.60. The van der Waals surface area contributed by atoms with Crippen LogP contribution in [0, 0.1) is 17.8 Å². The summed E-state index contributed by atoms with van der Waals surface area (Å²) < 4.78 is 2.18. The Morgan fingerprint density at radius 2 is 2.15 bits per heavy atom. The quantitative estimate of drug-likeness (QED) is 0.863. The first kappa shape index (κ1) is 15.6. The number of nitrogens with one attached hydrogen (secondary N) is 1. The van der Waals surface area contributed by atoms with Crippen LogP contribution in [0.4, 0.5) is 0 Å². The van der Waals surface area contributed by atoms with Gasteiger partial charge in [0, 0.05) is 31.9 Å². The highest BCUT2D eigenvalue weighted by Crippen LogP contribution is 2.37. The van der Waals surface area contributed by atoms with Crippen LogP contribution in [0.1, 0.15) is 52.3 Å². The van der Waals surface area contributed by atoms with Crippen LogP contribution in [0.15, 0.2) is 12.4 Å². The van der Waals surface area contributed by atoms with Crippen molar-refractivity contribution in [3.05, 3.63) is 18.2 Å². The third-order valence-corrected chi connectivity index (χ3v) is 4.98. The fraction of sp³-hybridized carbons (Fsp3) is 0.824. The molecule has 0 radical (unpaired) electrons. The summed E-state index contributed by atoms with van der Waals surface area (Å²) in [6, 6.07) is 0.590. The number of hydrogen-bond acceptors (Lipinski definition) is 2. The normalized spacial score (nSPS) is 27.1. The van der Waals surface area contributed by atoms with Crippen molar-refractivity contribution in [3.8, 4) is 0 Å². The highest BCUT2D eigenvalue weighted by atomic mass is 15.0. The molecule has 0 bridgehead atoms. The predicted molar refractivity (Wildman–Crippen MR) is 84.7 cm³/mol. The van der Waals surface area contributed by atoms with Gasteiger partial charge < -0.3 is 9.88 Å². The van der Waals surface area contributed by atoms with Crippen LogP contribution in [0.2, 0.25) is 0 Å². The van der Waals surface area contributed by atoms with E-state index in [2.05, 4.69) is 48.9 Å². The summed E-state index contributed by atoms with van der Waals surface area (Å²) in [5.41, 5.74) is 0. The molecule has 3 unspecified atom stereocenters. The molecule has 20 heavy (non-hydrogen) atoms. The molecule has 3 atom stereocenters. The minimum Gasteiger partial charge on any atom is -0.338 e. The second-order valence-electron chi connectivity index (χ2n) is 6.83. The zero-order valence-electron chi connectivity index (χ0n) is 13.6. The lowest BCUT2D eigenvalue weighted by Gasteiger charge is -2.36. The van der Waals surface area contributed by atoms with E-state index in [-0.39, 0.29) is 0 Å². The van der Waals surface area contributed by atoms with E-state index in [4.69, 9.17) is 0 Å².